The van der Waals surface area contributed by atoms with Gasteiger partial charge in [0.05, 0.1) is 10.0 Å². The molecule has 0 aliphatic heterocycles. The number of carbonyl (C=O) groups is 1. The fourth-order valence-electron chi connectivity index (χ4n) is 3.37. The zero-order chi connectivity index (χ0) is 23.9. The first-order chi connectivity index (χ1) is 15.7. The van der Waals surface area contributed by atoms with Crippen LogP contribution < -0.4 is 10.1 Å². The molecular weight excluding hydrogens is 483 g/mol. The number of nitrogens with one attached hydrogen (secondary N) is 1. The quantitative estimate of drug-likeness (QED) is 0.303. The molecule has 0 saturated heterocycles. The number of benzene rings is 3. The number of ether oxygens (including phenoxy) is 1. The Morgan fingerprint density at radius 2 is 1.55 bits per heavy atom. The summed E-state index contributed by atoms with van der Waals surface area (Å²) in [4.78, 5) is 17.0. The van der Waals surface area contributed by atoms with E-state index >= 15 is 0 Å². The molecular formula is C25H21Cl3N2O3. The van der Waals surface area contributed by atoms with Crippen molar-refractivity contribution in [1.82, 2.24) is 4.98 Å². The van der Waals surface area contributed by atoms with Crippen LogP contribution in [-0.2, 0) is 4.79 Å². The number of anilines is 1. The SMILES string of the molecule is Cc1cc2nc(-c3ccc(NC(=O)COc4c(Cl)c(C)c(Cl)c(C)c4Cl)cc3)oc2cc1C. The Morgan fingerprint density at radius 3 is 2.18 bits per heavy atom. The largest absolute Gasteiger partial charge is 0.481 e. The van der Waals surface area contributed by atoms with Crippen molar-refractivity contribution in [3.05, 3.63) is 73.7 Å². The monoisotopic (exact) mass is 502 g/mol. The number of carbonyl (C=O) groups excluding carboxylic acids is 1. The number of hydrogen-bond donors (Lipinski definition) is 1. The van der Waals surface area contributed by atoms with Gasteiger partial charge in [0, 0.05) is 16.3 Å². The minimum Gasteiger partial charge on any atom is -0.481 e. The molecule has 1 amide bonds. The number of aryl methyl sites for hydroxylation is 2. The van der Waals surface area contributed by atoms with Crippen molar-refractivity contribution in [1.29, 1.82) is 0 Å². The van der Waals surface area contributed by atoms with Crippen LogP contribution in [-0.4, -0.2) is 17.5 Å². The van der Waals surface area contributed by atoms with Crippen LogP contribution in [0.4, 0.5) is 5.69 Å². The first-order valence-corrected chi connectivity index (χ1v) is 11.3. The van der Waals surface area contributed by atoms with Gasteiger partial charge < -0.3 is 14.5 Å². The number of aromatic nitrogens is 1. The van der Waals surface area contributed by atoms with E-state index < -0.39 is 0 Å². The second kappa shape index (κ2) is 9.26. The second-order valence-corrected chi connectivity index (χ2v) is 8.99. The predicted molar refractivity (Wildman–Crippen MR) is 134 cm³/mol. The van der Waals surface area contributed by atoms with Gasteiger partial charge in [0.25, 0.3) is 5.91 Å². The van der Waals surface area contributed by atoms with Crippen molar-refractivity contribution in [2.24, 2.45) is 0 Å². The molecule has 33 heavy (non-hydrogen) atoms. The molecule has 0 aliphatic rings. The lowest BCUT2D eigenvalue weighted by molar-refractivity contribution is -0.118. The fraction of sp³-hybridized carbons (Fsp3) is 0.200. The number of rotatable bonds is 5. The van der Waals surface area contributed by atoms with Gasteiger partial charge in [-0.05, 0) is 86.3 Å². The van der Waals surface area contributed by atoms with Crippen molar-refractivity contribution in [3.8, 4) is 17.2 Å². The highest BCUT2D eigenvalue weighted by atomic mass is 35.5. The highest BCUT2D eigenvalue weighted by molar-refractivity contribution is 6.42. The predicted octanol–water partition coefficient (Wildman–Crippen LogP) is 7.71. The van der Waals surface area contributed by atoms with Crippen LogP contribution in [0.5, 0.6) is 5.75 Å². The molecule has 4 aromatic rings. The van der Waals surface area contributed by atoms with Gasteiger partial charge in [-0.25, -0.2) is 4.98 Å². The van der Waals surface area contributed by atoms with Gasteiger partial charge in [-0.3, -0.25) is 4.79 Å². The summed E-state index contributed by atoms with van der Waals surface area (Å²) < 4.78 is 11.5. The fourth-order valence-corrected chi connectivity index (χ4v) is 4.19. The molecule has 0 unspecified atom stereocenters. The van der Waals surface area contributed by atoms with E-state index in [1.54, 1.807) is 26.0 Å². The van der Waals surface area contributed by atoms with Gasteiger partial charge in [-0.2, -0.15) is 0 Å². The van der Waals surface area contributed by atoms with E-state index in [0.29, 0.717) is 27.7 Å². The first kappa shape index (κ1) is 23.4. The molecule has 8 heteroatoms. The van der Waals surface area contributed by atoms with E-state index in [9.17, 15) is 4.79 Å². The lowest BCUT2D eigenvalue weighted by Crippen LogP contribution is -2.20. The highest BCUT2D eigenvalue weighted by Crippen LogP contribution is 2.42. The van der Waals surface area contributed by atoms with E-state index in [1.807, 2.05) is 38.1 Å². The molecule has 0 aliphatic carbocycles. The van der Waals surface area contributed by atoms with Crippen LogP contribution in [0.15, 0.2) is 40.8 Å². The highest BCUT2D eigenvalue weighted by Gasteiger charge is 2.19. The number of amides is 1. The zero-order valence-corrected chi connectivity index (χ0v) is 20.7. The summed E-state index contributed by atoms with van der Waals surface area (Å²) >= 11 is 18.8. The summed E-state index contributed by atoms with van der Waals surface area (Å²) in [6, 6.07) is 11.2. The maximum absolute atomic E-state index is 12.4. The Labute approximate surface area is 206 Å². The van der Waals surface area contributed by atoms with Gasteiger partial charge in [0.1, 0.15) is 5.52 Å². The van der Waals surface area contributed by atoms with Gasteiger partial charge in [-0.1, -0.05) is 34.8 Å². The smallest absolute Gasteiger partial charge is 0.262 e. The molecule has 0 fully saturated rings. The lowest BCUT2D eigenvalue weighted by atomic mass is 10.1. The lowest BCUT2D eigenvalue weighted by Gasteiger charge is -2.15. The Kier molecular flexibility index (Phi) is 6.57. The summed E-state index contributed by atoms with van der Waals surface area (Å²) in [5.74, 6) is 0.409. The van der Waals surface area contributed by atoms with Crippen molar-refractivity contribution < 1.29 is 13.9 Å². The van der Waals surface area contributed by atoms with Crippen LogP contribution in [0, 0.1) is 27.7 Å². The number of nitrogens with zero attached hydrogens (tertiary/aromatic N) is 1. The number of hydrogen-bond acceptors (Lipinski definition) is 4. The van der Waals surface area contributed by atoms with Crippen LogP contribution >= 0.6 is 34.8 Å². The minimum absolute atomic E-state index is 0.240. The van der Waals surface area contributed by atoms with Crippen LogP contribution in [0.2, 0.25) is 15.1 Å². The molecule has 3 aromatic carbocycles. The third kappa shape index (κ3) is 4.67. The van der Waals surface area contributed by atoms with E-state index in [2.05, 4.69) is 10.3 Å². The van der Waals surface area contributed by atoms with Crippen LogP contribution in [0.25, 0.3) is 22.6 Å². The Morgan fingerprint density at radius 1 is 0.939 bits per heavy atom. The molecule has 1 heterocycles. The third-order valence-corrected chi connectivity index (χ3v) is 6.96. The van der Waals surface area contributed by atoms with E-state index in [0.717, 1.165) is 27.8 Å². The maximum Gasteiger partial charge on any atom is 0.262 e. The van der Waals surface area contributed by atoms with Gasteiger partial charge >= 0.3 is 0 Å². The Bertz CT molecular complexity index is 1310. The average Bonchev–Trinajstić information content (AvgIpc) is 3.19. The molecule has 170 valence electrons. The normalized spacial score (nSPS) is 11.1. The molecule has 1 N–H and O–H groups in total. The molecule has 0 saturated carbocycles. The summed E-state index contributed by atoms with van der Waals surface area (Å²) in [6.45, 7) is 7.35. The van der Waals surface area contributed by atoms with E-state index in [1.165, 1.54) is 0 Å². The molecule has 4 rings (SSSR count). The number of fused-ring (bicyclic) bond motifs is 1. The molecule has 0 spiro atoms. The number of halogens is 3. The van der Waals surface area contributed by atoms with Crippen LogP contribution in [0.1, 0.15) is 22.3 Å². The zero-order valence-electron chi connectivity index (χ0n) is 18.5. The molecule has 1 aromatic heterocycles. The van der Waals surface area contributed by atoms with Gasteiger partial charge in [0.2, 0.25) is 5.89 Å². The van der Waals surface area contributed by atoms with Crippen LogP contribution in [0.3, 0.4) is 0 Å². The summed E-state index contributed by atoms with van der Waals surface area (Å²) in [5, 5.41) is 3.84. The third-order valence-electron chi connectivity index (χ3n) is 5.48. The van der Waals surface area contributed by atoms with Gasteiger partial charge in [-0.15, -0.1) is 0 Å². The van der Waals surface area contributed by atoms with Crippen molar-refractivity contribution >= 4 is 57.5 Å². The topological polar surface area (TPSA) is 64.4 Å². The molecule has 0 radical (unpaired) electrons. The summed E-state index contributed by atoms with van der Waals surface area (Å²) in [7, 11) is 0. The van der Waals surface area contributed by atoms with E-state index in [4.69, 9.17) is 44.0 Å². The summed E-state index contributed by atoms with van der Waals surface area (Å²) in [5.41, 5.74) is 6.58. The maximum atomic E-state index is 12.4. The van der Waals surface area contributed by atoms with Crippen molar-refractivity contribution in [2.45, 2.75) is 27.7 Å². The molecule has 5 nitrogen and oxygen atoms in total. The standard InChI is InChI=1S/C25H21Cl3N2O3/c1-12-9-18-19(10-13(12)2)33-25(30-18)16-5-7-17(8-6-16)29-20(31)11-32-24-22(27)14(3)21(26)15(4)23(24)28/h5-10H,11H2,1-4H3,(H,29,31). The minimum atomic E-state index is -0.354. The number of oxazole rings is 1. The van der Waals surface area contributed by atoms with Crippen molar-refractivity contribution in [3.63, 3.8) is 0 Å². The van der Waals surface area contributed by atoms with Gasteiger partial charge in [0.15, 0.2) is 17.9 Å². The molecule has 0 bridgehead atoms. The average molecular weight is 504 g/mol. The molecule has 0 atom stereocenters. The Hall–Kier alpha value is -2.73. The second-order valence-electron chi connectivity index (χ2n) is 7.86. The summed E-state index contributed by atoms with van der Waals surface area (Å²) in [6.07, 6.45) is 0. The van der Waals surface area contributed by atoms with E-state index in [-0.39, 0.29) is 28.3 Å². The Balaban J connectivity index is 1.44. The van der Waals surface area contributed by atoms with Crippen molar-refractivity contribution in [2.75, 3.05) is 11.9 Å². The first-order valence-electron chi connectivity index (χ1n) is 10.2.